The summed E-state index contributed by atoms with van der Waals surface area (Å²) >= 11 is 5.61. The van der Waals surface area contributed by atoms with E-state index in [-0.39, 0.29) is 10.6 Å². The van der Waals surface area contributed by atoms with Gasteiger partial charge in [0.05, 0.1) is 4.92 Å². The van der Waals surface area contributed by atoms with Crippen LogP contribution in [-0.4, -0.2) is 59.1 Å². The zero-order chi connectivity index (χ0) is 21.8. The minimum Gasteiger partial charge on any atom is -0.486 e. The third-order valence-electron chi connectivity index (χ3n) is 5.57. The Morgan fingerprint density at radius 1 is 1.16 bits per heavy atom. The fourth-order valence-corrected chi connectivity index (χ4v) is 4.09. The van der Waals surface area contributed by atoms with Gasteiger partial charge in [0.1, 0.15) is 17.3 Å². The van der Waals surface area contributed by atoms with E-state index in [1.165, 1.54) is 5.56 Å². The predicted octanol–water partition coefficient (Wildman–Crippen LogP) is 3.11. The Labute approximate surface area is 185 Å². The molecule has 1 saturated heterocycles. The van der Waals surface area contributed by atoms with Gasteiger partial charge in [-0.2, -0.15) is 0 Å². The lowest BCUT2D eigenvalue weighted by Gasteiger charge is -2.37. The summed E-state index contributed by atoms with van der Waals surface area (Å²) < 4.78 is 5.97. The monoisotopic (exact) mass is 439 g/mol. The van der Waals surface area contributed by atoms with Crippen LogP contribution in [0.4, 0.5) is 11.4 Å². The molecular formula is C22H25N5O3S. The number of rotatable bonds is 7. The summed E-state index contributed by atoms with van der Waals surface area (Å²) in [4.78, 5) is 18.8. The highest BCUT2D eigenvalue weighted by Gasteiger charge is 2.20. The number of aromatic nitrogens is 1. The molecule has 31 heavy (non-hydrogen) atoms. The summed E-state index contributed by atoms with van der Waals surface area (Å²) in [5, 5.41) is 11.9. The number of nitrogens with two attached hydrogens (primary N) is 1. The fourth-order valence-electron chi connectivity index (χ4n) is 3.85. The largest absolute Gasteiger partial charge is 0.486 e. The smallest absolute Gasteiger partial charge is 0.269 e. The van der Waals surface area contributed by atoms with Gasteiger partial charge in [-0.25, -0.2) is 0 Å². The first-order valence-corrected chi connectivity index (χ1v) is 10.7. The number of nitro groups is 1. The molecule has 0 saturated carbocycles. The SMILES string of the molecule is NCCc1c[nH]c2ccc(OCC(=S)N3CCN(c4ccc([N+](=O)[O-])cc4)CC3)cc12. The molecule has 4 rings (SSSR count). The number of thiocarbonyl (C=S) groups is 1. The highest BCUT2D eigenvalue weighted by atomic mass is 32.1. The average molecular weight is 440 g/mol. The second kappa shape index (κ2) is 9.32. The van der Waals surface area contributed by atoms with Crippen LogP contribution in [0.5, 0.6) is 5.75 Å². The second-order valence-corrected chi connectivity index (χ2v) is 7.96. The summed E-state index contributed by atoms with van der Waals surface area (Å²) in [6.45, 7) is 4.14. The first-order valence-electron chi connectivity index (χ1n) is 10.2. The summed E-state index contributed by atoms with van der Waals surface area (Å²) in [6, 6.07) is 12.7. The number of anilines is 1. The Balaban J connectivity index is 1.30. The van der Waals surface area contributed by atoms with Gasteiger partial charge < -0.3 is 25.3 Å². The molecule has 8 nitrogen and oxygen atoms in total. The Hall–Kier alpha value is -3.17. The van der Waals surface area contributed by atoms with Crippen LogP contribution in [0.15, 0.2) is 48.7 Å². The zero-order valence-corrected chi connectivity index (χ0v) is 17.9. The lowest BCUT2D eigenvalue weighted by molar-refractivity contribution is -0.384. The predicted molar refractivity (Wildman–Crippen MR) is 126 cm³/mol. The molecule has 2 heterocycles. The van der Waals surface area contributed by atoms with Crippen molar-refractivity contribution in [2.24, 2.45) is 5.73 Å². The molecule has 0 bridgehead atoms. The summed E-state index contributed by atoms with van der Waals surface area (Å²) in [7, 11) is 0. The Kier molecular flexibility index (Phi) is 6.34. The third kappa shape index (κ3) is 4.78. The molecule has 3 aromatic rings. The zero-order valence-electron chi connectivity index (χ0n) is 17.1. The molecule has 1 aliphatic heterocycles. The molecular weight excluding hydrogens is 414 g/mol. The number of fused-ring (bicyclic) bond motifs is 1. The van der Waals surface area contributed by atoms with Gasteiger partial charge in [-0.15, -0.1) is 0 Å². The van der Waals surface area contributed by atoms with Crippen LogP contribution >= 0.6 is 12.2 Å². The summed E-state index contributed by atoms with van der Waals surface area (Å²) in [6.07, 6.45) is 2.82. The Morgan fingerprint density at radius 3 is 2.58 bits per heavy atom. The van der Waals surface area contributed by atoms with Crippen molar-refractivity contribution in [1.29, 1.82) is 0 Å². The number of aromatic amines is 1. The van der Waals surface area contributed by atoms with Crippen LogP contribution in [0.25, 0.3) is 10.9 Å². The Morgan fingerprint density at radius 2 is 1.90 bits per heavy atom. The van der Waals surface area contributed by atoms with Gasteiger partial charge in [0.2, 0.25) is 0 Å². The van der Waals surface area contributed by atoms with Gasteiger partial charge in [0.15, 0.2) is 0 Å². The van der Waals surface area contributed by atoms with E-state index < -0.39 is 0 Å². The van der Waals surface area contributed by atoms with E-state index in [1.807, 2.05) is 24.4 Å². The van der Waals surface area contributed by atoms with E-state index in [2.05, 4.69) is 14.8 Å². The van der Waals surface area contributed by atoms with Gasteiger partial charge in [0, 0.05) is 61.1 Å². The van der Waals surface area contributed by atoms with Crippen molar-refractivity contribution in [2.45, 2.75) is 6.42 Å². The highest BCUT2D eigenvalue weighted by Crippen LogP contribution is 2.24. The van der Waals surface area contributed by atoms with Crippen molar-refractivity contribution >= 4 is 39.5 Å². The third-order valence-corrected chi connectivity index (χ3v) is 5.95. The molecule has 2 aromatic carbocycles. The van der Waals surface area contributed by atoms with Crippen molar-refractivity contribution in [3.05, 3.63) is 64.3 Å². The molecule has 3 N–H and O–H groups in total. The molecule has 0 radical (unpaired) electrons. The maximum absolute atomic E-state index is 10.8. The summed E-state index contributed by atoms with van der Waals surface area (Å²) in [5.74, 6) is 0.789. The van der Waals surface area contributed by atoms with Gasteiger partial charge in [-0.05, 0) is 48.9 Å². The number of non-ortho nitro benzene ring substituents is 1. The van der Waals surface area contributed by atoms with Crippen LogP contribution < -0.4 is 15.4 Å². The number of nitrogens with one attached hydrogen (secondary N) is 1. The van der Waals surface area contributed by atoms with E-state index in [0.717, 1.165) is 59.9 Å². The molecule has 0 amide bonds. The number of ether oxygens (including phenoxy) is 1. The minimum absolute atomic E-state index is 0.105. The van der Waals surface area contributed by atoms with Crippen LogP contribution in [-0.2, 0) is 6.42 Å². The van der Waals surface area contributed by atoms with E-state index in [1.54, 1.807) is 24.3 Å². The topological polar surface area (TPSA) is 101 Å². The van der Waals surface area contributed by atoms with Crippen LogP contribution in [0.1, 0.15) is 5.56 Å². The molecule has 1 fully saturated rings. The lowest BCUT2D eigenvalue weighted by Crippen LogP contribution is -2.49. The highest BCUT2D eigenvalue weighted by molar-refractivity contribution is 7.80. The molecule has 1 aromatic heterocycles. The van der Waals surface area contributed by atoms with Crippen molar-refractivity contribution in [3.63, 3.8) is 0 Å². The van der Waals surface area contributed by atoms with Crippen molar-refractivity contribution in [3.8, 4) is 5.75 Å². The van der Waals surface area contributed by atoms with Gasteiger partial charge in [-0.1, -0.05) is 12.2 Å². The van der Waals surface area contributed by atoms with E-state index in [0.29, 0.717) is 13.2 Å². The van der Waals surface area contributed by atoms with E-state index in [4.69, 9.17) is 22.7 Å². The maximum Gasteiger partial charge on any atom is 0.269 e. The molecule has 0 aliphatic carbocycles. The van der Waals surface area contributed by atoms with Gasteiger partial charge in [-0.3, -0.25) is 10.1 Å². The first kappa shape index (κ1) is 21.1. The van der Waals surface area contributed by atoms with Crippen molar-refractivity contribution in [2.75, 3.05) is 44.2 Å². The van der Waals surface area contributed by atoms with Crippen LogP contribution in [0.3, 0.4) is 0 Å². The van der Waals surface area contributed by atoms with E-state index in [9.17, 15) is 10.1 Å². The number of benzene rings is 2. The summed E-state index contributed by atoms with van der Waals surface area (Å²) in [5.41, 5.74) is 9.05. The standard InChI is InChI=1S/C22H25N5O3S/c23-8-7-16-14-24-21-6-5-19(13-20(16)21)30-15-22(31)26-11-9-25(10-12-26)17-1-3-18(4-2-17)27(28)29/h1-6,13-14,24H,7-12,15,23H2. The number of piperazine rings is 1. The Bertz CT molecular complexity index is 1070. The minimum atomic E-state index is -0.382. The molecule has 9 heteroatoms. The van der Waals surface area contributed by atoms with Gasteiger partial charge >= 0.3 is 0 Å². The number of nitro benzene ring substituents is 1. The number of H-pyrrole nitrogens is 1. The van der Waals surface area contributed by atoms with E-state index >= 15 is 0 Å². The molecule has 1 aliphatic rings. The molecule has 162 valence electrons. The normalized spacial score (nSPS) is 14.1. The number of nitrogens with zero attached hydrogens (tertiary/aromatic N) is 3. The molecule has 0 unspecified atom stereocenters. The first-order chi connectivity index (χ1) is 15.0. The molecule has 0 spiro atoms. The number of hydrogen-bond acceptors (Lipinski definition) is 6. The van der Waals surface area contributed by atoms with Crippen LogP contribution in [0, 0.1) is 10.1 Å². The van der Waals surface area contributed by atoms with Crippen molar-refractivity contribution in [1.82, 2.24) is 9.88 Å². The van der Waals surface area contributed by atoms with Gasteiger partial charge in [0.25, 0.3) is 5.69 Å². The maximum atomic E-state index is 10.8. The fraction of sp³-hybridized carbons (Fsp3) is 0.318. The average Bonchev–Trinajstić information content (AvgIpc) is 3.20. The quantitative estimate of drug-likeness (QED) is 0.331. The van der Waals surface area contributed by atoms with Crippen molar-refractivity contribution < 1.29 is 9.66 Å². The lowest BCUT2D eigenvalue weighted by atomic mass is 10.1. The second-order valence-electron chi connectivity index (χ2n) is 7.49. The molecule has 0 atom stereocenters. The number of hydrogen-bond donors (Lipinski definition) is 2. The van der Waals surface area contributed by atoms with Crippen LogP contribution in [0.2, 0.25) is 0 Å².